The summed E-state index contributed by atoms with van der Waals surface area (Å²) in [6, 6.07) is 7.67. The molecule has 24 heavy (non-hydrogen) atoms. The van der Waals surface area contributed by atoms with E-state index >= 15 is 0 Å². The van der Waals surface area contributed by atoms with Gasteiger partial charge in [-0.2, -0.15) is 4.99 Å². The summed E-state index contributed by atoms with van der Waals surface area (Å²) < 4.78 is 5.46. The van der Waals surface area contributed by atoms with E-state index in [1.807, 2.05) is 30.3 Å². The van der Waals surface area contributed by atoms with E-state index in [0.29, 0.717) is 11.5 Å². The summed E-state index contributed by atoms with van der Waals surface area (Å²) in [5.74, 6) is 0.646. The molecule has 2 aliphatic rings. The molecule has 2 heterocycles. The highest BCUT2D eigenvalue weighted by Gasteiger charge is 2.28. The van der Waals surface area contributed by atoms with Gasteiger partial charge in [-0.15, -0.1) is 0 Å². The summed E-state index contributed by atoms with van der Waals surface area (Å²) in [7, 11) is 2.19. The number of rotatable bonds is 4. The van der Waals surface area contributed by atoms with Gasteiger partial charge in [0.2, 0.25) is 0 Å². The van der Waals surface area contributed by atoms with Gasteiger partial charge in [0.15, 0.2) is 5.17 Å². The number of hydrogen-bond donors (Lipinski definition) is 1. The zero-order valence-electron chi connectivity index (χ0n) is 13.8. The van der Waals surface area contributed by atoms with E-state index in [1.165, 1.54) is 16.7 Å². The number of likely N-dealkylation sites (N-methyl/N-ethyl adjacent to an activating group) is 1. The van der Waals surface area contributed by atoms with Crippen molar-refractivity contribution in [3.63, 3.8) is 0 Å². The Kier molecular flexibility index (Phi) is 5.37. The highest BCUT2D eigenvalue weighted by molar-refractivity contribution is 8.18. The second kappa shape index (κ2) is 7.68. The molecule has 6 heteroatoms. The second-order valence-electron chi connectivity index (χ2n) is 5.92. The minimum absolute atomic E-state index is 0.145. The van der Waals surface area contributed by atoms with Crippen molar-refractivity contribution in [2.75, 3.05) is 39.8 Å². The van der Waals surface area contributed by atoms with Crippen molar-refractivity contribution in [3.8, 4) is 5.75 Å². The Labute approximate surface area is 146 Å². The number of hydrogen-bond acceptors (Lipinski definition) is 4. The molecule has 1 amide bonds. The van der Waals surface area contributed by atoms with Crippen LogP contribution in [0.15, 0.2) is 46.8 Å². The van der Waals surface area contributed by atoms with E-state index in [4.69, 9.17) is 4.74 Å². The van der Waals surface area contributed by atoms with Gasteiger partial charge in [0.1, 0.15) is 12.4 Å². The van der Waals surface area contributed by atoms with Gasteiger partial charge in [-0.05, 0) is 35.5 Å². The lowest BCUT2D eigenvalue weighted by Crippen LogP contribution is -3.12. The predicted octanol–water partition coefficient (Wildman–Crippen LogP) is 1.05. The van der Waals surface area contributed by atoms with E-state index in [-0.39, 0.29) is 5.91 Å². The molecular weight excluding hydrogens is 322 g/mol. The highest BCUT2D eigenvalue weighted by Crippen LogP contribution is 2.30. The van der Waals surface area contributed by atoms with Crippen LogP contribution in [0, 0.1) is 0 Å². The lowest BCUT2D eigenvalue weighted by molar-refractivity contribution is -0.883. The van der Waals surface area contributed by atoms with Gasteiger partial charge in [-0.25, -0.2) is 0 Å². The van der Waals surface area contributed by atoms with Gasteiger partial charge in [-0.3, -0.25) is 4.79 Å². The SMILES string of the molecule is C=CCOc1ccc(/C=C2\SC(N3CC[NH+](C)CC3)=NC2=O)cc1. The minimum atomic E-state index is -0.145. The molecule has 0 aromatic heterocycles. The molecular formula is C18H22N3O2S+. The molecule has 0 radical (unpaired) electrons. The van der Waals surface area contributed by atoms with Crippen LogP contribution in [0.1, 0.15) is 5.56 Å². The quantitative estimate of drug-likeness (QED) is 0.655. The first-order valence-electron chi connectivity index (χ1n) is 8.08. The summed E-state index contributed by atoms with van der Waals surface area (Å²) in [6.45, 7) is 8.18. The number of carbonyl (C=O) groups excluding carboxylic acids is 1. The largest absolute Gasteiger partial charge is 0.490 e. The van der Waals surface area contributed by atoms with Crippen LogP contribution in [0.4, 0.5) is 0 Å². The normalized spacial score (nSPS) is 20.4. The first-order chi connectivity index (χ1) is 11.7. The number of quaternary nitrogens is 1. The summed E-state index contributed by atoms with van der Waals surface area (Å²) in [4.78, 5) is 20.8. The Morgan fingerprint density at radius 2 is 2.04 bits per heavy atom. The van der Waals surface area contributed by atoms with Crippen LogP contribution in [0.3, 0.4) is 0 Å². The maximum atomic E-state index is 12.2. The third-order valence-electron chi connectivity index (χ3n) is 4.04. The van der Waals surface area contributed by atoms with Crippen molar-refractivity contribution < 1.29 is 14.4 Å². The topological polar surface area (TPSA) is 46.3 Å². The summed E-state index contributed by atoms with van der Waals surface area (Å²) in [5.41, 5.74) is 0.969. The standard InChI is InChI=1S/C18H21N3O2S/c1-3-12-23-15-6-4-14(5-7-15)13-16-17(22)19-18(24-16)21-10-8-20(2)9-11-21/h3-7,13H,1,8-12H2,2H3/p+1/b16-13-. The Bertz CT molecular complexity index is 674. The van der Waals surface area contributed by atoms with Crippen LogP contribution in [0.5, 0.6) is 5.75 Å². The van der Waals surface area contributed by atoms with Crippen molar-refractivity contribution in [1.29, 1.82) is 0 Å². The molecule has 0 aliphatic carbocycles. The molecule has 5 nitrogen and oxygen atoms in total. The number of amides is 1. The fraction of sp³-hybridized carbons (Fsp3) is 0.333. The average molecular weight is 344 g/mol. The fourth-order valence-electron chi connectivity index (χ4n) is 2.58. The van der Waals surface area contributed by atoms with Crippen molar-refractivity contribution in [1.82, 2.24) is 4.90 Å². The molecule has 0 spiro atoms. The molecule has 2 aliphatic heterocycles. The maximum absolute atomic E-state index is 12.2. The molecule has 0 saturated carbocycles. The van der Waals surface area contributed by atoms with E-state index in [9.17, 15) is 4.79 Å². The van der Waals surface area contributed by atoms with Crippen LogP contribution in [0.25, 0.3) is 6.08 Å². The highest BCUT2D eigenvalue weighted by atomic mass is 32.2. The predicted molar refractivity (Wildman–Crippen MR) is 98.3 cm³/mol. The van der Waals surface area contributed by atoms with Gasteiger partial charge >= 0.3 is 0 Å². The van der Waals surface area contributed by atoms with E-state index in [1.54, 1.807) is 6.08 Å². The monoisotopic (exact) mass is 344 g/mol. The number of carbonyl (C=O) groups is 1. The molecule has 1 N–H and O–H groups in total. The number of amidine groups is 1. The number of ether oxygens (including phenoxy) is 1. The number of nitrogens with one attached hydrogen (secondary N) is 1. The number of nitrogens with zero attached hydrogens (tertiary/aromatic N) is 2. The van der Waals surface area contributed by atoms with Crippen molar-refractivity contribution >= 4 is 28.9 Å². The molecule has 3 rings (SSSR count). The lowest BCUT2D eigenvalue weighted by Gasteiger charge is -2.30. The van der Waals surface area contributed by atoms with Gasteiger partial charge in [0.05, 0.1) is 38.1 Å². The van der Waals surface area contributed by atoms with Crippen LogP contribution in [-0.4, -0.2) is 55.8 Å². The smallest absolute Gasteiger partial charge is 0.286 e. The molecule has 1 aromatic carbocycles. The Morgan fingerprint density at radius 3 is 2.71 bits per heavy atom. The Hall–Kier alpha value is -2.05. The lowest BCUT2D eigenvalue weighted by atomic mass is 10.2. The number of thioether (sulfide) groups is 1. The Balaban J connectivity index is 1.64. The third kappa shape index (κ3) is 4.07. The van der Waals surface area contributed by atoms with Gasteiger partial charge in [0.25, 0.3) is 5.91 Å². The van der Waals surface area contributed by atoms with Crippen molar-refractivity contribution in [3.05, 3.63) is 47.4 Å². The van der Waals surface area contributed by atoms with E-state index < -0.39 is 0 Å². The molecule has 0 unspecified atom stereocenters. The number of benzene rings is 1. The molecule has 0 bridgehead atoms. The first-order valence-corrected chi connectivity index (χ1v) is 8.90. The van der Waals surface area contributed by atoms with Gasteiger partial charge in [-0.1, -0.05) is 24.8 Å². The van der Waals surface area contributed by atoms with Crippen molar-refractivity contribution in [2.45, 2.75) is 0 Å². The van der Waals surface area contributed by atoms with Crippen LogP contribution >= 0.6 is 11.8 Å². The minimum Gasteiger partial charge on any atom is -0.490 e. The van der Waals surface area contributed by atoms with Crippen molar-refractivity contribution in [2.24, 2.45) is 4.99 Å². The molecule has 0 atom stereocenters. The summed E-state index contributed by atoms with van der Waals surface area (Å²) in [6.07, 6.45) is 3.60. The zero-order valence-corrected chi connectivity index (χ0v) is 14.6. The van der Waals surface area contributed by atoms with Gasteiger partial charge < -0.3 is 14.5 Å². The van der Waals surface area contributed by atoms with Crippen LogP contribution in [0.2, 0.25) is 0 Å². The van der Waals surface area contributed by atoms with Crippen LogP contribution in [-0.2, 0) is 4.79 Å². The second-order valence-corrected chi connectivity index (χ2v) is 6.93. The molecule has 1 aromatic rings. The maximum Gasteiger partial charge on any atom is 0.286 e. The average Bonchev–Trinajstić information content (AvgIpc) is 2.95. The molecule has 1 fully saturated rings. The van der Waals surface area contributed by atoms with Crippen LogP contribution < -0.4 is 9.64 Å². The van der Waals surface area contributed by atoms with E-state index in [2.05, 4.69) is 23.5 Å². The number of aliphatic imine (C=N–C) groups is 1. The Morgan fingerprint density at radius 1 is 1.33 bits per heavy atom. The third-order valence-corrected chi connectivity index (χ3v) is 5.09. The molecule has 126 valence electrons. The summed E-state index contributed by atoms with van der Waals surface area (Å²) in [5, 5.41) is 0.838. The fourth-order valence-corrected chi connectivity index (χ4v) is 3.54. The zero-order chi connectivity index (χ0) is 16.9. The van der Waals surface area contributed by atoms with E-state index in [0.717, 1.165) is 42.7 Å². The summed E-state index contributed by atoms with van der Waals surface area (Å²) >= 11 is 1.47. The van der Waals surface area contributed by atoms with Gasteiger partial charge in [0, 0.05) is 0 Å². The first kappa shape index (κ1) is 16.8. The number of piperazine rings is 1. The molecule has 1 saturated heterocycles.